The molecule has 35 heavy (non-hydrogen) atoms. The van der Waals surface area contributed by atoms with Gasteiger partial charge in [0.05, 0.1) is 19.1 Å². The number of aliphatic hydroxyl groups is 1. The number of aliphatic imine (C=N–C) groups is 1. The molecule has 4 atom stereocenters. The van der Waals surface area contributed by atoms with Crippen LogP contribution in [0.3, 0.4) is 0 Å². The summed E-state index contributed by atoms with van der Waals surface area (Å²) >= 11 is 0. The van der Waals surface area contributed by atoms with Gasteiger partial charge in [0.2, 0.25) is 23.6 Å². The van der Waals surface area contributed by atoms with E-state index in [0.717, 1.165) is 0 Å². The van der Waals surface area contributed by atoms with E-state index in [9.17, 15) is 34.2 Å². The van der Waals surface area contributed by atoms with Crippen LogP contribution in [0.5, 0.6) is 0 Å². The SMILES string of the molecule is NCCCCC(NC(=O)C(CO)NC(=O)C(CC(N)=O)NC(=O)C(N)CCCN=C(N)N)C(=O)O. The van der Waals surface area contributed by atoms with E-state index in [2.05, 4.69) is 20.9 Å². The molecule has 15 N–H and O–H groups in total. The van der Waals surface area contributed by atoms with Crippen LogP contribution in [0.4, 0.5) is 0 Å². The van der Waals surface area contributed by atoms with Crippen LogP contribution in [0.25, 0.3) is 0 Å². The van der Waals surface area contributed by atoms with E-state index in [0.29, 0.717) is 25.8 Å². The molecule has 0 spiro atoms. The summed E-state index contributed by atoms with van der Waals surface area (Å²) in [5.74, 6) is -5.09. The number of amides is 4. The third-order valence-electron chi connectivity index (χ3n) is 4.72. The quantitative estimate of drug-likeness (QED) is 0.0479. The zero-order chi connectivity index (χ0) is 27.0. The van der Waals surface area contributed by atoms with Gasteiger partial charge in [0.25, 0.3) is 0 Å². The van der Waals surface area contributed by atoms with Gasteiger partial charge < -0.3 is 54.8 Å². The molecule has 0 aromatic carbocycles. The monoisotopic (exact) mass is 503 g/mol. The molecule has 200 valence electrons. The topological polar surface area (TPSA) is 304 Å². The number of rotatable bonds is 18. The lowest BCUT2D eigenvalue weighted by Crippen LogP contribution is -2.58. The van der Waals surface area contributed by atoms with E-state index in [1.807, 2.05) is 0 Å². The molecule has 0 saturated heterocycles. The number of primary amides is 1. The summed E-state index contributed by atoms with van der Waals surface area (Å²) < 4.78 is 0. The molecule has 16 heteroatoms. The van der Waals surface area contributed by atoms with Gasteiger partial charge in [-0.25, -0.2) is 4.79 Å². The highest BCUT2D eigenvalue weighted by atomic mass is 16.4. The Kier molecular flexibility index (Phi) is 15.3. The summed E-state index contributed by atoms with van der Waals surface area (Å²) in [6.07, 6.45) is 0.978. The third kappa shape index (κ3) is 13.7. The van der Waals surface area contributed by atoms with Crippen molar-refractivity contribution < 1.29 is 34.2 Å². The lowest BCUT2D eigenvalue weighted by atomic mass is 10.1. The number of nitrogens with zero attached hydrogens (tertiary/aromatic N) is 1. The van der Waals surface area contributed by atoms with Crippen LogP contribution in [0, 0.1) is 0 Å². The molecule has 4 amide bonds. The van der Waals surface area contributed by atoms with E-state index in [4.69, 9.17) is 28.7 Å². The van der Waals surface area contributed by atoms with Crippen LogP contribution in [0.15, 0.2) is 4.99 Å². The van der Waals surface area contributed by atoms with E-state index in [-0.39, 0.29) is 25.3 Å². The Labute approximate surface area is 202 Å². The van der Waals surface area contributed by atoms with Crippen molar-refractivity contribution in [2.24, 2.45) is 33.7 Å². The van der Waals surface area contributed by atoms with Gasteiger partial charge >= 0.3 is 5.97 Å². The first-order chi connectivity index (χ1) is 16.4. The van der Waals surface area contributed by atoms with Crippen LogP contribution >= 0.6 is 0 Å². The van der Waals surface area contributed by atoms with Gasteiger partial charge in [-0.15, -0.1) is 0 Å². The molecule has 0 aliphatic rings. The van der Waals surface area contributed by atoms with Crippen molar-refractivity contribution in [3.8, 4) is 0 Å². The van der Waals surface area contributed by atoms with Crippen LogP contribution in [0.2, 0.25) is 0 Å². The fourth-order valence-electron chi connectivity index (χ4n) is 2.83. The number of nitrogens with one attached hydrogen (secondary N) is 3. The van der Waals surface area contributed by atoms with Crippen molar-refractivity contribution in [1.82, 2.24) is 16.0 Å². The number of aliphatic carboxylic acids is 1. The zero-order valence-corrected chi connectivity index (χ0v) is 19.4. The Morgan fingerprint density at radius 3 is 1.89 bits per heavy atom. The summed E-state index contributed by atoms with van der Waals surface area (Å²) in [5, 5.41) is 25.5. The highest BCUT2D eigenvalue weighted by Gasteiger charge is 2.30. The number of carbonyl (C=O) groups is 5. The predicted molar refractivity (Wildman–Crippen MR) is 125 cm³/mol. The molecule has 0 aliphatic heterocycles. The molecule has 0 aromatic rings. The number of unbranched alkanes of at least 4 members (excludes halogenated alkanes) is 1. The lowest BCUT2D eigenvalue weighted by molar-refractivity contribution is -0.143. The molecule has 16 nitrogen and oxygen atoms in total. The number of carboxylic acids is 1. The Morgan fingerprint density at radius 2 is 1.37 bits per heavy atom. The number of aliphatic hydroxyl groups excluding tert-OH is 1. The van der Waals surface area contributed by atoms with Crippen LogP contribution < -0.4 is 44.6 Å². The third-order valence-corrected chi connectivity index (χ3v) is 4.72. The van der Waals surface area contributed by atoms with Gasteiger partial charge in [-0.1, -0.05) is 0 Å². The zero-order valence-electron chi connectivity index (χ0n) is 19.4. The molecular weight excluding hydrogens is 466 g/mol. The molecule has 0 rings (SSSR count). The predicted octanol–water partition coefficient (Wildman–Crippen LogP) is -5.10. The second kappa shape index (κ2) is 17.0. The maximum atomic E-state index is 12.6. The summed E-state index contributed by atoms with van der Waals surface area (Å²) in [5.41, 5.74) is 26.7. The minimum atomic E-state index is -1.56. The first-order valence-corrected chi connectivity index (χ1v) is 11.0. The molecular formula is C19H37N9O7. The van der Waals surface area contributed by atoms with E-state index >= 15 is 0 Å². The normalized spacial score (nSPS) is 14.0. The highest BCUT2D eigenvalue weighted by Crippen LogP contribution is 2.03. The fraction of sp³-hybridized carbons (Fsp3) is 0.684. The minimum absolute atomic E-state index is 0.0891. The number of hydrogen-bond donors (Lipinski definition) is 10. The minimum Gasteiger partial charge on any atom is -0.480 e. The molecule has 0 fully saturated rings. The second-order valence-corrected chi connectivity index (χ2v) is 7.71. The Hall–Kier alpha value is -3.50. The van der Waals surface area contributed by atoms with Crippen LogP contribution in [-0.2, 0) is 24.0 Å². The van der Waals surface area contributed by atoms with Gasteiger partial charge in [-0.2, -0.15) is 0 Å². The molecule has 0 saturated carbocycles. The maximum Gasteiger partial charge on any atom is 0.326 e. The van der Waals surface area contributed by atoms with Gasteiger partial charge in [0.15, 0.2) is 5.96 Å². The van der Waals surface area contributed by atoms with Crippen molar-refractivity contribution in [3.05, 3.63) is 0 Å². The first-order valence-electron chi connectivity index (χ1n) is 11.0. The molecule has 0 radical (unpaired) electrons. The summed E-state index contributed by atoms with van der Waals surface area (Å²) in [6.45, 7) is -0.303. The second-order valence-electron chi connectivity index (χ2n) is 7.71. The number of nitrogens with two attached hydrogens (primary N) is 5. The van der Waals surface area contributed by atoms with Crippen molar-refractivity contribution in [2.75, 3.05) is 19.7 Å². The summed E-state index contributed by atoms with van der Waals surface area (Å²) in [6, 6.07) is -5.38. The largest absolute Gasteiger partial charge is 0.480 e. The van der Waals surface area contributed by atoms with Gasteiger partial charge in [-0.3, -0.25) is 24.2 Å². The van der Waals surface area contributed by atoms with Gasteiger partial charge in [0.1, 0.15) is 18.1 Å². The Morgan fingerprint density at radius 1 is 0.800 bits per heavy atom. The van der Waals surface area contributed by atoms with Crippen LogP contribution in [0.1, 0.15) is 38.5 Å². The molecule has 0 bridgehead atoms. The maximum absolute atomic E-state index is 12.6. The number of hydrogen-bond acceptors (Lipinski definition) is 9. The van der Waals surface area contributed by atoms with Crippen molar-refractivity contribution in [2.45, 2.75) is 62.7 Å². The molecule has 0 aliphatic carbocycles. The van der Waals surface area contributed by atoms with Crippen molar-refractivity contribution in [1.29, 1.82) is 0 Å². The average Bonchev–Trinajstić information content (AvgIpc) is 2.78. The fourth-order valence-corrected chi connectivity index (χ4v) is 2.83. The first kappa shape index (κ1) is 31.5. The Balaban J connectivity index is 5.14. The van der Waals surface area contributed by atoms with Crippen molar-refractivity contribution in [3.63, 3.8) is 0 Å². The Bertz CT molecular complexity index is 759. The lowest BCUT2D eigenvalue weighted by Gasteiger charge is -2.23. The molecule has 0 aromatic heterocycles. The highest BCUT2D eigenvalue weighted by molar-refractivity contribution is 5.96. The molecule has 4 unspecified atom stereocenters. The average molecular weight is 504 g/mol. The summed E-state index contributed by atoms with van der Waals surface area (Å²) in [4.78, 5) is 63.9. The smallest absolute Gasteiger partial charge is 0.326 e. The number of guanidine groups is 1. The standard InChI is InChI=1S/C19H37N9O7/c20-6-2-1-5-11(18(34)35)26-17(33)13(9-29)28-16(32)12(8-14(22)30)27-15(31)10(21)4-3-7-25-19(23)24/h10-13,29H,1-9,20-21H2,(H2,22,30)(H,26,33)(H,27,31)(H,28,32)(H,34,35)(H4,23,24,25). The van der Waals surface area contributed by atoms with Crippen LogP contribution in [-0.4, -0.2) is 89.6 Å². The number of carboxylic acid groups (broad SMARTS) is 1. The van der Waals surface area contributed by atoms with Gasteiger partial charge in [0, 0.05) is 6.54 Å². The molecule has 0 heterocycles. The van der Waals surface area contributed by atoms with E-state index < -0.39 is 66.8 Å². The van der Waals surface area contributed by atoms with Gasteiger partial charge in [-0.05, 0) is 38.6 Å². The summed E-state index contributed by atoms with van der Waals surface area (Å²) in [7, 11) is 0. The van der Waals surface area contributed by atoms with E-state index in [1.165, 1.54) is 0 Å². The number of carbonyl (C=O) groups excluding carboxylic acids is 4. The van der Waals surface area contributed by atoms with Crippen molar-refractivity contribution >= 4 is 35.6 Å². The van der Waals surface area contributed by atoms with E-state index in [1.54, 1.807) is 0 Å².